The van der Waals surface area contributed by atoms with Crippen LogP contribution in [0.2, 0.25) is 0 Å². The van der Waals surface area contributed by atoms with Gasteiger partial charge in [0.05, 0.1) is 0 Å². The molecule has 0 aliphatic heterocycles. The summed E-state index contributed by atoms with van der Waals surface area (Å²) in [6.45, 7) is 5.00. The molecule has 1 aliphatic carbocycles. The summed E-state index contributed by atoms with van der Waals surface area (Å²) in [6.07, 6.45) is 23.0. The maximum atomic E-state index is 3.25. The summed E-state index contributed by atoms with van der Waals surface area (Å²) >= 11 is 0. The fourth-order valence-electron chi connectivity index (χ4n) is 2.49. The van der Waals surface area contributed by atoms with Gasteiger partial charge < -0.3 is 13.3 Å². The molecule has 0 aromatic rings. The zero-order valence-electron chi connectivity index (χ0n) is 12.8. The van der Waals surface area contributed by atoms with E-state index >= 15 is 0 Å². The van der Waals surface area contributed by atoms with Crippen molar-refractivity contribution in [2.24, 2.45) is 0 Å². The molecule has 1 radical (unpaired) electrons. The molecular formula is C17H34Y-2. The molecule has 107 valence electrons. The number of hydrogen-bond acceptors (Lipinski definition) is 0. The summed E-state index contributed by atoms with van der Waals surface area (Å²) in [7, 11) is 0. The average molecular weight is 327 g/mol. The standard InChI is InChI=1S/C15H29.C2H5.Y/c1-2-4-6-8-10-12-14-15-13-11-9-7-5-3-1;1-2;/h1H,2-15H2;1H2,2H3;/q2*-1;. The molecule has 0 aromatic heterocycles. The molecule has 1 aliphatic rings. The zero-order chi connectivity index (χ0) is 12.6. The molecule has 0 aromatic carbocycles. The first-order valence-corrected chi connectivity index (χ1v) is 8.02. The smallest absolute Gasteiger partial charge is 0 e. The van der Waals surface area contributed by atoms with Crippen LogP contribution >= 0.6 is 0 Å². The monoisotopic (exact) mass is 327 g/mol. The van der Waals surface area contributed by atoms with E-state index < -0.39 is 0 Å². The van der Waals surface area contributed by atoms with Crippen LogP contribution in [0.5, 0.6) is 0 Å². The summed E-state index contributed by atoms with van der Waals surface area (Å²) in [6, 6.07) is 0. The molecule has 0 saturated heterocycles. The van der Waals surface area contributed by atoms with Gasteiger partial charge in [0.25, 0.3) is 0 Å². The molecule has 0 N–H and O–H groups in total. The Morgan fingerprint density at radius 1 is 0.500 bits per heavy atom. The van der Waals surface area contributed by atoms with E-state index in [2.05, 4.69) is 13.3 Å². The topological polar surface area (TPSA) is 0 Å². The van der Waals surface area contributed by atoms with Gasteiger partial charge in [-0.3, -0.25) is 0 Å². The third kappa shape index (κ3) is 17.1. The van der Waals surface area contributed by atoms with Crippen LogP contribution in [0.4, 0.5) is 0 Å². The normalized spacial score (nSPS) is 20.3. The fraction of sp³-hybridized carbons (Fsp3) is 0.882. The van der Waals surface area contributed by atoms with Gasteiger partial charge in [-0.2, -0.15) is 19.8 Å². The van der Waals surface area contributed by atoms with Crippen LogP contribution in [-0.2, 0) is 32.7 Å². The van der Waals surface area contributed by atoms with E-state index in [0.717, 1.165) is 0 Å². The molecule has 0 spiro atoms. The Balaban J connectivity index is 0. The van der Waals surface area contributed by atoms with Crippen molar-refractivity contribution in [1.29, 1.82) is 0 Å². The van der Waals surface area contributed by atoms with Crippen molar-refractivity contribution >= 4 is 0 Å². The average Bonchev–Trinajstić information content (AvgIpc) is 2.39. The first-order valence-electron chi connectivity index (χ1n) is 8.02. The van der Waals surface area contributed by atoms with Crippen LogP contribution in [0.1, 0.15) is 96.8 Å². The van der Waals surface area contributed by atoms with E-state index in [1.54, 1.807) is 6.92 Å². The van der Waals surface area contributed by atoms with Crippen LogP contribution in [0, 0.1) is 13.3 Å². The van der Waals surface area contributed by atoms with Crippen LogP contribution in [0.3, 0.4) is 0 Å². The van der Waals surface area contributed by atoms with Crippen LogP contribution < -0.4 is 0 Å². The minimum absolute atomic E-state index is 0. The molecule has 1 fully saturated rings. The van der Waals surface area contributed by atoms with Crippen molar-refractivity contribution in [3.63, 3.8) is 0 Å². The van der Waals surface area contributed by atoms with E-state index in [1.165, 1.54) is 89.9 Å². The van der Waals surface area contributed by atoms with Crippen molar-refractivity contribution in [2.45, 2.75) is 96.8 Å². The molecule has 1 saturated carbocycles. The summed E-state index contributed by atoms with van der Waals surface area (Å²) in [4.78, 5) is 0. The minimum Gasteiger partial charge on any atom is -0.346 e. The third-order valence-corrected chi connectivity index (χ3v) is 3.57. The van der Waals surface area contributed by atoms with E-state index in [-0.39, 0.29) is 32.7 Å². The van der Waals surface area contributed by atoms with Crippen molar-refractivity contribution in [3.8, 4) is 0 Å². The molecule has 0 atom stereocenters. The predicted octanol–water partition coefficient (Wildman–Crippen LogP) is 6.50. The Morgan fingerprint density at radius 3 is 1.00 bits per heavy atom. The van der Waals surface area contributed by atoms with E-state index in [1.807, 2.05) is 0 Å². The molecule has 0 bridgehead atoms. The Bertz CT molecular complexity index is 64.2. The Kier molecular flexibility index (Phi) is 24.3. The van der Waals surface area contributed by atoms with Gasteiger partial charge in [-0.1, -0.05) is 77.0 Å². The van der Waals surface area contributed by atoms with Gasteiger partial charge in [0.1, 0.15) is 0 Å². The minimum atomic E-state index is 0. The fourth-order valence-corrected chi connectivity index (χ4v) is 2.49. The predicted molar refractivity (Wildman–Crippen MR) is 80.0 cm³/mol. The first-order chi connectivity index (χ1) is 8.50. The second-order valence-electron chi connectivity index (χ2n) is 5.11. The Labute approximate surface area is 142 Å². The summed E-state index contributed by atoms with van der Waals surface area (Å²) in [5.41, 5.74) is 0. The summed E-state index contributed by atoms with van der Waals surface area (Å²) in [5, 5.41) is 0. The quantitative estimate of drug-likeness (QED) is 0.445. The van der Waals surface area contributed by atoms with E-state index in [4.69, 9.17) is 0 Å². The van der Waals surface area contributed by atoms with Gasteiger partial charge >= 0.3 is 0 Å². The van der Waals surface area contributed by atoms with Crippen molar-refractivity contribution in [1.82, 2.24) is 0 Å². The van der Waals surface area contributed by atoms with Crippen molar-refractivity contribution in [3.05, 3.63) is 13.3 Å². The summed E-state index contributed by atoms with van der Waals surface area (Å²) < 4.78 is 0. The van der Waals surface area contributed by atoms with Crippen molar-refractivity contribution < 1.29 is 32.7 Å². The Hall–Kier alpha value is 1.10. The molecular weight excluding hydrogens is 293 g/mol. The van der Waals surface area contributed by atoms with Gasteiger partial charge in [0, 0.05) is 32.7 Å². The molecule has 18 heavy (non-hydrogen) atoms. The third-order valence-electron chi connectivity index (χ3n) is 3.57. The van der Waals surface area contributed by atoms with Gasteiger partial charge in [-0.25, -0.2) is 0 Å². The second kappa shape index (κ2) is 20.4. The maximum Gasteiger partial charge on any atom is 0 e. The van der Waals surface area contributed by atoms with Gasteiger partial charge in [-0.05, 0) is 0 Å². The Morgan fingerprint density at radius 2 is 0.722 bits per heavy atom. The van der Waals surface area contributed by atoms with Gasteiger partial charge in [-0.15, -0.1) is 0 Å². The molecule has 0 heterocycles. The number of rotatable bonds is 0. The van der Waals surface area contributed by atoms with Crippen LogP contribution in [0.15, 0.2) is 0 Å². The number of hydrogen-bond donors (Lipinski definition) is 0. The molecule has 1 rings (SSSR count). The van der Waals surface area contributed by atoms with E-state index in [0.29, 0.717) is 0 Å². The van der Waals surface area contributed by atoms with Gasteiger partial charge in [0.2, 0.25) is 0 Å². The van der Waals surface area contributed by atoms with E-state index in [9.17, 15) is 0 Å². The van der Waals surface area contributed by atoms with Crippen LogP contribution in [0.25, 0.3) is 0 Å². The molecule has 1 heteroatoms. The second-order valence-corrected chi connectivity index (χ2v) is 5.11. The zero-order valence-corrected chi connectivity index (χ0v) is 15.6. The van der Waals surface area contributed by atoms with Gasteiger partial charge in [0.15, 0.2) is 0 Å². The van der Waals surface area contributed by atoms with Crippen molar-refractivity contribution in [2.75, 3.05) is 0 Å². The largest absolute Gasteiger partial charge is 0.346 e. The molecule has 0 unspecified atom stereocenters. The summed E-state index contributed by atoms with van der Waals surface area (Å²) in [5.74, 6) is 0. The first kappa shape index (κ1) is 21.4. The van der Waals surface area contributed by atoms with Crippen LogP contribution in [-0.4, -0.2) is 0 Å². The SMILES string of the molecule is [CH-]1CCCCCCCCCCCCCC1.[CH2-]C.[Y]. The maximum absolute atomic E-state index is 3.25. The molecule has 0 nitrogen and oxygen atoms in total. The molecule has 0 amide bonds.